The lowest BCUT2D eigenvalue weighted by Gasteiger charge is -2.17. The number of hydrogen-bond acceptors (Lipinski definition) is 2. The summed E-state index contributed by atoms with van der Waals surface area (Å²) < 4.78 is 27.0. The van der Waals surface area contributed by atoms with E-state index in [9.17, 15) is 8.42 Å². The molecule has 12 heavy (non-hydrogen) atoms. The van der Waals surface area contributed by atoms with Gasteiger partial charge in [-0.25, -0.2) is 0 Å². The molecule has 0 aromatic heterocycles. The van der Waals surface area contributed by atoms with Crippen molar-refractivity contribution in [3.8, 4) is 0 Å². The SMILES string of the molecule is CC(C)NS(=O)(=O)N1CCCC1. The van der Waals surface area contributed by atoms with Gasteiger partial charge in [0.15, 0.2) is 0 Å². The lowest BCUT2D eigenvalue weighted by molar-refractivity contribution is 0.458. The molecule has 1 saturated heterocycles. The Kier molecular flexibility index (Phi) is 3.09. The van der Waals surface area contributed by atoms with Crippen molar-refractivity contribution in [2.45, 2.75) is 32.7 Å². The second-order valence-corrected chi connectivity index (χ2v) is 5.09. The smallest absolute Gasteiger partial charge is 0.200 e. The first-order chi connectivity index (χ1) is 5.52. The summed E-state index contributed by atoms with van der Waals surface area (Å²) in [6, 6.07) is -0.0180. The molecule has 1 heterocycles. The molecule has 0 unspecified atom stereocenters. The van der Waals surface area contributed by atoms with Crippen LogP contribution >= 0.6 is 0 Å². The monoisotopic (exact) mass is 192 g/mol. The van der Waals surface area contributed by atoms with Crippen molar-refractivity contribution >= 4 is 10.2 Å². The van der Waals surface area contributed by atoms with Gasteiger partial charge in [0, 0.05) is 19.1 Å². The second-order valence-electron chi connectivity index (χ2n) is 3.38. The van der Waals surface area contributed by atoms with E-state index in [2.05, 4.69) is 4.72 Å². The minimum absolute atomic E-state index is 0.0180. The summed E-state index contributed by atoms with van der Waals surface area (Å²) in [7, 11) is -3.18. The third-order valence-electron chi connectivity index (χ3n) is 1.79. The van der Waals surface area contributed by atoms with Crippen LogP contribution in [-0.4, -0.2) is 31.9 Å². The standard InChI is InChI=1S/C7H16N2O2S/c1-7(2)8-12(10,11)9-5-3-4-6-9/h7-8H,3-6H2,1-2H3. The van der Waals surface area contributed by atoms with E-state index in [1.807, 2.05) is 13.8 Å². The number of nitrogens with one attached hydrogen (secondary N) is 1. The van der Waals surface area contributed by atoms with Crippen LogP contribution in [0.1, 0.15) is 26.7 Å². The Morgan fingerprint density at radius 3 is 2.17 bits per heavy atom. The molecule has 0 saturated carbocycles. The third kappa shape index (κ3) is 2.43. The molecule has 5 heteroatoms. The highest BCUT2D eigenvalue weighted by atomic mass is 32.2. The van der Waals surface area contributed by atoms with Crippen LogP contribution in [0, 0.1) is 0 Å². The maximum absolute atomic E-state index is 11.5. The molecule has 0 aliphatic carbocycles. The molecule has 1 aliphatic rings. The van der Waals surface area contributed by atoms with Gasteiger partial charge in [0.05, 0.1) is 0 Å². The van der Waals surface area contributed by atoms with Crippen molar-refractivity contribution in [3.05, 3.63) is 0 Å². The zero-order chi connectivity index (χ0) is 9.19. The molecular weight excluding hydrogens is 176 g/mol. The fourth-order valence-corrected chi connectivity index (χ4v) is 2.78. The van der Waals surface area contributed by atoms with Crippen LogP contribution in [0.5, 0.6) is 0 Å². The Bertz CT molecular complexity index is 230. The Morgan fingerprint density at radius 1 is 1.25 bits per heavy atom. The maximum Gasteiger partial charge on any atom is 0.279 e. The van der Waals surface area contributed by atoms with E-state index in [0.717, 1.165) is 12.8 Å². The molecule has 0 aromatic rings. The Morgan fingerprint density at radius 2 is 1.75 bits per heavy atom. The van der Waals surface area contributed by atoms with Crippen molar-refractivity contribution < 1.29 is 8.42 Å². The fourth-order valence-electron chi connectivity index (χ4n) is 1.30. The van der Waals surface area contributed by atoms with Gasteiger partial charge >= 0.3 is 0 Å². The van der Waals surface area contributed by atoms with Gasteiger partial charge in [0.1, 0.15) is 0 Å². The molecular formula is C7H16N2O2S. The van der Waals surface area contributed by atoms with Crippen LogP contribution in [0.4, 0.5) is 0 Å². The van der Waals surface area contributed by atoms with E-state index in [0.29, 0.717) is 13.1 Å². The molecule has 0 aromatic carbocycles. The minimum atomic E-state index is -3.18. The molecule has 1 aliphatic heterocycles. The van der Waals surface area contributed by atoms with Crippen molar-refractivity contribution in [1.82, 2.24) is 9.03 Å². The molecule has 0 amide bonds. The maximum atomic E-state index is 11.5. The van der Waals surface area contributed by atoms with E-state index in [1.165, 1.54) is 4.31 Å². The lowest BCUT2D eigenvalue weighted by atomic mass is 10.4. The largest absolute Gasteiger partial charge is 0.279 e. The molecule has 1 fully saturated rings. The molecule has 72 valence electrons. The fraction of sp³-hybridized carbons (Fsp3) is 1.00. The van der Waals surface area contributed by atoms with Crippen molar-refractivity contribution in [3.63, 3.8) is 0 Å². The number of rotatable bonds is 3. The van der Waals surface area contributed by atoms with Gasteiger partial charge in [-0.05, 0) is 26.7 Å². The van der Waals surface area contributed by atoms with E-state index in [4.69, 9.17) is 0 Å². The quantitative estimate of drug-likeness (QED) is 0.700. The van der Waals surface area contributed by atoms with Crippen LogP contribution in [-0.2, 0) is 10.2 Å². The predicted octanol–water partition coefficient (Wildman–Crippen LogP) is 0.325. The van der Waals surface area contributed by atoms with Gasteiger partial charge < -0.3 is 0 Å². The number of nitrogens with zero attached hydrogens (tertiary/aromatic N) is 1. The summed E-state index contributed by atoms with van der Waals surface area (Å²) in [4.78, 5) is 0. The van der Waals surface area contributed by atoms with E-state index in [-0.39, 0.29) is 6.04 Å². The topological polar surface area (TPSA) is 49.4 Å². The summed E-state index contributed by atoms with van der Waals surface area (Å²) in [5.41, 5.74) is 0. The van der Waals surface area contributed by atoms with Gasteiger partial charge in [-0.1, -0.05) is 0 Å². The zero-order valence-corrected chi connectivity index (χ0v) is 8.39. The van der Waals surface area contributed by atoms with Crippen LogP contribution in [0.15, 0.2) is 0 Å². The van der Waals surface area contributed by atoms with Crippen LogP contribution in [0.2, 0.25) is 0 Å². The first-order valence-corrected chi connectivity index (χ1v) is 5.74. The minimum Gasteiger partial charge on any atom is -0.200 e. The Hall–Kier alpha value is -0.130. The van der Waals surface area contributed by atoms with Crippen LogP contribution in [0.25, 0.3) is 0 Å². The lowest BCUT2D eigenvalue weighted by Crippen LogP contribution is -2.41. The van der Waals surface area contributed by atoms with Crippen molar-refractivity contribution in [2.75, 3.05) is 13.1 Å². The number of hydrogen-bond donors (Lipinski definition) is 1. The summed E-state index contributed by atoms with van der Waals surface area (Å²) in [6.45, 7) is 4.99. The average Bonchev–Trinajstić information content (AvgIpc) is 2.32. The van der Waals surface area contributed by atoms with Crippen molar-refractivity contribution in [2.24, 2.45) is 0 Å². The zero-order valence-electron chi connectivity index (χ0n) is 7.58. The molecule has 1 N–H and O–H groups in total. The van der Waals surface area contributed by atoms with Gasteiger partial charge in [0.2, 0.25) is 0 Å². The summed E-state index contributed by atoms with van der Waals surface area (Å²) >= 11 is 0. The normalized spacial score (nSPS) is 20.6. The molecule has 0 radical (unpaired) electrons. The van der Waals surface area contributed by atoms with Gasteiger partial charge in [-0.2, -0.15) is 17.4 Å². The van der Waals surface area contributed by atoms with Crippen LogP contribution in [0.3, 0.4) is 0 Å². The van der Waals surface area contributed by atoms with Gasteiger partial charge in [-0.3, -0.25) is 0 Å². The molecule has 0 bridgehead atoms. The van der Waals surface area contributed by atoms with Crippen molar-refractivity contribution in [1.29, 1.82) is 0 Å². The van der Waals surface area contributed by atoms with Crippen LogP contribution < -0.4 is 4.72 Å². The highest BCUT2D eigenvalue weighted by molar-refractivity contribution is 7.87. The molecule has 0 spiro atoms. The average molecular weight is 192 g/mol. The molecule has 4 nitrogen and oxygen atoms in total. The summed E-state index contributed by atoms with van der Waals surface area (Å²) in [5.74, 6) is 0. The Balaban J connectivity index is 2.58. The third-order valence-corrected chi connectivity index (χ3v) is 3.60. The van der Waals surface area contributed by atoms with E-state index >= 15 is 0 Å². The predicted molar refractivity (Wildman–Crippen MR) is 48.0 cm³/mol. The summed E-state index contributed by atoms with van der Waals surface area (Å²) in [6.07, 6.45) is 1.97. The second kappa shape index (κ2) is 3.72. The molecule has 1 rings (SSSR count). The summed E-state index contributed by atoms with van der Waals surface area (Å²) in [5, 5.41) is 0. The highest BCUT2D eigenvalue weighted by Crippen LogP contribution is 2.11. The first kappa shape index (κ1) is 9.95. The van der Waals surface area contributed by atoms with E-state index < -0.39 is 10.2 Å². The van der Waals surface area contributed by atoms with Gasteiger partial charge in [0.25, 0.3) is 10.2 Å². The molecule has 0 atom stereocenters. The van der Waals surface area contributed by atoms with Gasteiger partial charge in [-0.15, -0.1) is 0 Å². The first-order valence-electron chi connectivity index (χ1n) is 4.30. The highest BCUT2D eigenvalue weighted by Gasteiger charge is 2.25. The van der Waals surface area contributed by atoms with E-state index in [1.54, 1.807) is 0 Å². The Labute approximate surface area is 74.1 Å².